The first kappa shape index (κ1) is 18.9. The largest absolute Gasteiger partial charge is 0.345 e. The molecule has 0 atom stereocenters. The van der Waals surface area contributed by atoms with Gasteiger partial charge in [0.15, 0.2) is 0 Å². The Hall–Kier alpha value is -2.44. The predicted molar refractivity (Wildman–Crippen MR) is 118 cm³/mol. The average molecular weight is 499 g/mol. The lowest BCUT2D eigenvalue weighted by molar-refractivity contribution is 0.0949. The highest BCUT2D eigenvalue weighted by molar-refractivity contribution is 9.10. The van der Waals surface area contributed by atoms with Gasteiger partial charge in [-0.1, -0.05) is 62.2 Å². The van der Waals surface area contributed by atoms with E-state index in [0.717, 1.165) is 25.8 Å². The third kappa shape index (κ3) is 4.18. The van der Waals surface area contributed by atoms with E-state index in [-0.39, 0.29) is 5.91 Å². The van der Waals surface area contributed by atoms with Crippen LogP contribution in [0.4, 0.5) is 0 Å². The number of aromatic nitrogens is 2. The van der Waals surface area contributed by atoms with Crippen LogP contribution in [0.2, 0.25) is 0 Å². The molecule has 140 valence electrons. The van der Waals surface area contributed by atoms with Crippen molar-refractivity contribution < 1.29 is 4.79 Å². The summed E-state index contributed by atoms with van der Waals surface area (Å²) < 4.78 is 4.08. The lowest BCUT2D eigenvalue weighted by Gasteiger charge is -2.11. The fourth-order valence-electron chi connectivity index (χ4n) is 3.10. The summed E-state index contributed by atoms with van der Waals surface area (Å²) >= 11 is 6.88. The molecule has 0 aliphatic rings. The number of fused-ring (bicyclic) bond motifs is 1. The average Bonchev–Trinajstić information content (AvgIpc) is 3.05. The van der Waals surface area contributed by atoms with Crippen LogP contribution in [0.15, 0.2) is 81.7 Å². The van der Waals surface area contributed by atoms with E-state index in [2.05, 4.69) is 59.9 Å². The van der Waals surface area contributed by atoms with Gasteiger partial charge in [0.2, 0.25) is 0 Å². The SMILES string of the molecule is O=C(NCc1nc2ccccc2n1Cc1ccc(Br)cc1)c1cccc(Br)c1. The van der Waals surface area contributed by atoms with Crippen molar-refractivity contribution in [2.75, 3.05) is 0 Å². The number of para-hydroxylation sites is 2. The maximum Gasteiger partial charge on any atom is 0.251 e. The van der Waals surface area contributed by atoms with E-state index in [1.807, 2.05) is 42.5 Å². The van der Waals surface area contributed by atoms with E-state index < -0.39 is 0 Å². The van der Waals surface area contributed by atoms with Gasteiger partial charge >= 0.3 is 0 Å². The number of nitrogens with one attached hydrogen (secondary N) is 1. The smallest absolute Gasteiger partial charge is 0.251 e. The molecule has 0 unspecified atom stereocenters. The summed E-state index contributed by atoms with van der Waals surface area (Å²) in [7, 11) is 0. The summed E-state index contributed by atoms with van der Waals surface area (Å²) in [4.78, 5) is 17.3. The monoisotopic (exact) mass is 497 g/mol. The van der Waals surface area contributed by atoms with E-state index in [9.17, 15) is 4.79 Å². The maximum atomic E-state index is 12.5. The van der Waals surface area contributed by atoms with Crippen LogP contribution in [0.3, 0.4) is 0 Å². The Labute approximate surface area is 179 Å². The number of hydrogen-bond acceptors (Lipinski definition) is 2. The zero-order chi connectivity index (χ0) is 19.5. The number of benzene rings is 3. The highest BCUT2D eigenvalue weighted by Gasteiger charge is 2.13. The van der Waals surface area contributed by atoms with E-state index in [1.165, 1.54) is 5.56 Å². The number of imidazole rings is 1. The van der Waals surface area contributed by atoms with Crippen molar-refractivity contribution in [3.8, 4) is 0 Å². The summed E-state index contributed by atoms with van der Waals surface area (Å²) in [5.41, 5.74) is 3.76. The van der Waals surface area contributed by atoms with Gasteiger partial charge in [0.25, 0.3) is 5.91 Å². The number of carbonyl (C=O) groups is 1. The van der Waals surface area contributed by atoms with Gasteiger partial charge in [0.1, 0.15) is 5.82 Å². The molecular weight excluding hydrogens is 482 g/mol. The first-order chi connectivity index (χ1) is 13.6. The molecular formula is C22H17Br2N3O. The minimum absolute atomic E-state index is 0.122. The van der Waals surface area contributed by atoms with Crippen LogP contribution in [-0.4, -0.2) is 15.5 Å². The molecule has 0 saturated carbocycles. The normalized spacial score (nSPS) is 10.9. The van der Waals surface area contributed by atoms with Crippen molar-refractivity contribution in [2.24, 2.45) is 0 Å². The second kappa shape index (κ2) is 8.29. The van der Waals surface area contributed by atoms with Crippen LogP contribution < -0.4 is 5.32 Å². The van der Waals surface area contributed by atoms with E-state index in [4.69, 9.17) is 4.98 Å². The Balaban J connectivity index is 1.61. The molecule has 4 aromatic rings. The Bertz CT molecular complexity index is 1140. The first-order valence-corrected chi connectivity index (χ1v) is 10.4. The van der Waals surface area contributed by atoms with Crippen molar-refractivity contribution in [1.82, 2.24) is 14.9 Å². The number of carbonyl (C=O) groups excluding carboxylic acids is 1. The van der Waals surface area contributed by atoms with Gasteiger partial charge in [-0.3, -0.25) is 4.79 Å². The summed E-state index contributed by atoms with van der Waals surface area (Å²) in [6, 6.07) is 23.6. The number of hydrogen-bond donors (Lipinski definition) is 1. The Morgan fingerprint density at radius 3 is 2.50 bits per heavy atom. The molecule has 0 bridgehead atoms. The topological polar surface area (TPSA) is 46.9 Å². The lowest BCUT2D eigenvalue weighted by Crippen LogP contribution is -2.24. The fraction of sp³-hybridized carbons (Fsp3) is 0.0909. The van der Waals surface area contributed by atoms with Crippen LogP contribution in [0.5, 0.6) is 0 Å². The molecule has 1 N–H and O–H groups in total. The molecule has 4 nitrogen and oxygen atoms in total. The summed E-state index contributed by atoms with van der Waals surface area (Å²) in [6.45, 7) is 1.05. The van der Waals surface area contributed by atoms with E-state index in [0.29, 0.717) is 18.7 Å². The second-order valence-electron chi connectivity index (χ2n) is 6.42. The van der Waals surface area contributed by atoms with Crippen LogP contribution in [-0.2, 0) is 13.1 Å². The van der Waals surface area contributed by atoms with E-state index in [1.54, 1.807) is 12.1 Å². The van der Waals surface area contributed by atoms with Gasteiger partial charge in [-0.25, -0.2) is 4.98 Å². The Morgan fingerprint density at radius 2 is 1.71 bits per heavy atom. The second-order valence-corrected chi connectivity index (χ2v) is 8.25. The Kier molecular flexibility index (Phi) is 5.59. The molecule has 4 rings (SSSR count). The first-order valence-electron chi connectivity index (χ1n) is 8.82. The van der Waals surface area contributed by atoms with Crippen molar-refractivity contribution >= 4 is 48.8 Å². The van der Waals surface area contributed by atoms with Crippen LogP contribution in [0.25, 0.3) is 11.0 Å². The minimum Gasteiger partial charge on any atom is -0.345 e. The molecule has 3 aromatic carbocycles. The third-order valence-electron chi connectivity index (χ3n) is 4.48. The molecule has 1 aromatic heterocycles. The zero-order valence-corrected chi connectivity index (χ0v) is 18.1. The fourth-order valence-corrected chi connectivity index (χ4v) is 3.76. The van der Waals surface area contributed by atoms with E-state index >= 15 is 0 Å². The molecule has 0 fully saturated rings. The van der Waals surface area contributed by atoms with Gasteiger partial charge in [0, 0.05) is 21.1 Å². The predicted octanol–water partition coefficient (Wildman–Crippen LogP) is 5.54. The molecule has 6 heteroatoms. The summed E-state index contributed by atoms with van der Waals surface area (Å²) in [6.07, 6.45) is 0. The maximum absolute atomic E-state index is 12.5. The quantitative estimate of drug-likeness (QED) is 0.392. The number of amides is 1. The number of rotatable bonds is 5. The highest BCUT2D eigenvalue weighted by atomic mass is 79.9. The Morgan fingerprint density at radius 1 is 0.929 bits per heavy atom. The van der Waals surface area contributed by atoms with Gasteiger partial charge < -0.3 is 9.88 Å². The van der Waals surface area contributed by atoms with Gasteiger partial charge in [-0.2, -0.15) is 0 Å². The van der Waals surface area contributed by atoms with Crippen LogP contribution >= 0.6 is 31.9 Å². The lowest BCUT2D eigenvalue weighted by atomic mass is 10.2. The highest BCUT2D eigenvalue weighted by Crippen LogP contribution is 2.19. The minimum atomic E-state index is -0.122. The summed E-state index contributed by atoms with van der Waals surface area (Å²) in [5.74, 6) is 0.705. The summed E-state index contributed by atoms with van der Waals surface area (Å²) in [5, 5.41) is 2.99. The van der Waals surface area contributed by atoms with Crippen molar-refractivity contribution in [1.29, 1.82) is 0 Å². The molecule has 0 aliphatic heterocycles. The molecule has 0 radical (unpaired) electrons. The van der Waals surface area contributed by atoms with Gasteiger partial charge in [0.05, 0.1) is 17.6 Å². The third-order valence-corrected chi connectivity index (χ3v) is 5.50. The van der Waals surface area contributed by atoms with Crippen molar-refractivity contribution in [3.63, 3.8) is 0 Å². The standard InChI is InChI=1S/C22H17Br2N3O/c23-17-10-8-15(9-11-17)14-27-20-7-2-1-6-19(20)26-21(27)13-25-22(28)16-4-3-5-18(24)12-16/h1-12H,13-14H2,(H,25,28). The van der Waals surface area contributed by atoms with Gasteiger partial charge in [-0.05, 0) is 48.0 Å². The zero-order valence-electron chi connectivity index (χ0n) is 14.9. The molecule has 1 amide bonds. The molecule has 0 aliphatic carbocycles. The van der Waals surface area contributed by atoms with Crippen LogP contribution in [0, 0.1) is 0 Å². The number of halogens is 2. The van der Waals surface area contributed by atoms with Gasteiger partial charge in [-0.15, -0.1) is 0 Å². The van der Waals surface area contributed by atoms with Crippen LogP contribution in [0.1, 0.15) is 21.7 Å². The van der Waals surface area contributed by atoms with Crippen molar-refractivity contribution in [3.05, 3.63) is 98.7 Å². The number of nitrogens with zero attached hydrogens (tertiary/aromatic N) is 2. The molecule has 28 heavy (non-hydrogen) atoms. The molecule has 1 heterocycles. The van der Waals surface area contributed by atoms with Crippen molar-refractivity contribution in [2.45, 2.75) is 13.1 Å². The molecule has 0 spiro atoms. The molecule has 0 saturated heterocycles.